The van der Waals surface area contributed by atoms with Crippen LogP contribution in [0.5, 0.6) is 11.5 Å². The number of benzene rings is 3. The zero-order chi connectivity index (χ0) is 31.6. The summed E-state index contributed by atoms with van der Waals surface area (Å²) in [4.78, 5) is 25.9. The molecule has 0 unspecified atom stereocenters. The van der Waals surface area contributed by atoms with Crippen molar-refractivity contribution in [1.82, 2.24) is 0 Å². The van der Waals surface area contributed by atoms with Crippen LogP contribution in [0.3, 0.4) is 0 Å². The number of anilines is 1. The third-order valence-electron chi connectivity index (χ3n) is 5.97. The van der Waals surface area contributed by atoms with Crippen molar-refractivity contribution in [2.75, 3.05) is 12.4 Å². The number of alkyl halides is 9. The van der Waals surface area contributed by atoms with Crippen molar-refractivity contribution in [2.24, 2.45) is 0 Å². The Morgan fingerprint density at radius 1 is 0.929 bits per heavy atom. The number of aryl methyl sites for hydroxylation is 1. The topological polar surface area (TPSA) is 64.6 Å². The van der Waals surface area contributed by atoms with Gasteiger partial charge in [-0.25, -0.2) is 4.39 Å². The second kappa shape index (κ2) is 12.1. The fraction of sp³-hybridized carbons (Fsp3) is 0.259. The summed E-state index contributed by atoms with van der Waals surface area (Å²) in [6, 6.07) is 9.98. The molecule has 0 aliphatic heterocycles. The lowest BCUT2D eigenvalue weighted by atomic mass is 9.91. The number of carbonyl (C=O) groups excluding carboxylic acids is 2. The second-order valence-corrected chi connectivity index (χ2v) is 9.18. The molecule has 0 aromatic heterocycles. The van der Waals surface area contributed by atoms with Gasteiger partial charge in [0.1, 0.15) is 5.75 Å². The van der Waals surface area contributed by atoms with E-state index in [1.807, 2.05) is 0 Å². The van der Waals surface area contributed by atoms with Gasteiger partial charge in [0, 0.05) is 28.1 Å². The van der Waals surface area contributed by atoms with E-state index >= 15 is 0 Å². The van der Waals surface area contributed by atoms with Crippen LogP contribution in [0, 0.1) is 6.92 Å². The number of methoxy groups -OCH3 is 1. The summed E-state index contributed by atoms with van der Waals surface area (Å²) in [5.41, 5.74) is -8.08. The Morgan fingerprint density at radius 3 is 2.05 bits per heavy atom. The number of rotatable bonds is 9. The Balaban J connectivity index is 2.04. The number of Topliss-reactive ketones (excluding diaryl/α,β-unsaturated/α-hetero) is 1. The summed E-state index contributed by atoms with van der Waals surface area (Å²) in [6.45, 7) is -2.00. The summed E-state index contributed by atoms with van der Waals surface area (Å²) < 4.78 is 130. The number of para-hydroxylation sites is 1. The summed E-state index contributed by atoms with van der Waals surface area (Å²) in [6.07, 6.45) is -14.1. The van der Waals surface area contributed by atoms with Crippen molar-refractivity contribution < 1.29 is 58.6 Å². The van der Waals surface area contributed by atoms with Crippen molar-refractivity contribution in [3.8, 4) is 11.5 Å². The van der Waals surface area contributed by atoms with Crippen molar-refractivity contribution in [1.29, 1.82) is 0 Å². The van der Waals surface area contributed by atoms with E-state index in [4.69, 9.17) is 16.3 Å². The van der Waals surface area contributed by atoms with Crippen molar-refractivity contribution in [3.05, 3.63) is 87.4 Å². The zero-order valence-electron chi connectivity index (χ0n) is 21.4. The smallest absolute Gasteiger partial charge is 0.435 e. The Labute approximate surface area is 237 Å². The monoisotopic (exact) mass is 627 g/mol. The Hall–Kier alpha value is -3.94. The van der Waals surface area contributed by atoms with Gasteiger partial charge in [-0.05, 0) is 43.3 Å². The standard InChI is InChI=1S/C27H19ClF9NO4/c1-13-6-8-14(9-7-13)23(40)38-19-5-3-4-16(22(19)41-2)20(39)12-17-18(28)10-15(11-21(17)42-24(29)30)25(31,26(32,33)34)27(35,36)37/h3-11,24H,12H2,1-2H3,(H,38,40). The highest BCUT2D eigenvalue weighted by molar-refractivity contribution is 6.32. The molecular formula is C27H19ClF9NO4. The molecule has 0 saturated carbocycles. The molecule has 15 heteroatoms. The maximum absolute atomic E-state index is 14.6. The average molecular weight is 628 g/mol. The molecule has 1 N–H and O–H groups in total. The van der Waals surface area contributed by atoms with Gasteiger partial charge in [0.2, 0.25) is 0 Å². The zero-order valence-corrected chi connectivity index (χ0v) is 22.1. The van der Waals surface area contributed by atoms with E-state index in [9.17, 15) is 49.1 Å². The fourth-order valence-electron chi connectivity index (χ4n) is 3.90. The maximum Gasteiger partial charge on any atom is 0.435 e. The molecule has 0 aliphatic rings. The van der Waals surface area contributed by atoms with Crippen LogP contribution < -0.4 is 14.8 Å². The van der Waals surface area contributed by atoms with E-state index in [1.54, 1.807) is 19.1 Å². The highest BCUT2D eigenvalue weighted by Gasteiger charge is 2.73. The van der Waals surface area contributed by atoms with Crippen LogP contribution in [-0.2, 0) is 12.1 Å². The lowest BCUT2D eigenvalue weighted by Gasteiger charge is -2.31. The van der Waals surface area contributed by atoms with Crippen LogP contribution in [0.2, 0.25) is 5.02 Å². The first-order valence-electron chi connectivity index (χ1n) is 11.6. The number of hydrogen-bond donors (Lipinski definition) is 1. The average Bonchev–Trinajstić information content (AvgIpc) is 2.88. The summed E-state index contributed by atoms with van der Waals surface area (Å²) in [5.74, 6) is -3.17. The minimum absolute atomic E-state index is 0.00279. The van der Waals surface area contributed by atoms with Crippen molar-refractivity contribution in [2.45, 2.75) is 38.0 Å². The first-order valence-corrected chi connectivity index (χ1v) is 12.0. The van der Waals surface area contributed by atoms with Gasteiger partial charge < -0.3 is 14.8 Å². The van der Waals surface area contributed by atoms with Crippen molar-refractivity contribution >= 4 is 29.0 Å². The van der Waals surface area contributed by atoms with E-state index in [0.717, 1.165) is 12.7 Å². The van der Waals surface area contributed by atoms with Gasteiger partial charge >= 0.3 is 24.6 Å². The largest absolute Gasteiger partial charge is 0.494 e. The number of halogens is 10. The molecule has 0 fully saturated rings. The molecule has 0 bridgehead atoms. The van der Waals surface area contributed by atoms with Gasteiger partial charge in [0.15, 0.2) is 11.5 Å². The van der Waals surface area contributed by atoms with Gasteiger partial charge in [0.05, 0.1) is 18.4 Å². The summed E-state index contributed by atoms with van der Waals surface area (Å²) >= 11 is 5.84. The third kappa shape index (κ3) is 6.58. The highest BCUT2D eigenvalue weighted by Crippen LogP contribution is 2.54. The van der Waals surface area contributed by atoms with Gasteiger partial charge in [-0.1, -0.05) is 35.4 Å². The molecule has 226 valence electrons. The quantitative estimate of drug-likeness (QED) is 0.192. The Morgan fingerprint density at radius 2 is 1.52 bits per heavy atom. The second-order valence-electron chi connectivity index (χ2n) is 8.77. The molecule has 3 rings (SSSR count). The van der Waals surface area contributed by atoms with Gasteiger partial charge in [-0.15, -0.1) is 0 Å². The molecule has 0 spiro atoms. The summed E-state index contributed by atoms with van der Waals surface area (Å²) in [5, 5.41) is 1.45. The van der Waals surface area contributed by atoms with Gasteiger partial charge in [0.25, 0.3) is 5.91 Å². The minimum atomic E-state index is -6.56. The third-order valence-corrected chi connectivity index (χ3v) is 6.31. The summed E-state index contributed by atoms with van der Waals surface area (Å²) in [7, 11) is 1.13. The number of nitrogens with one attached hydrogen (secondary N) is 1. The van der Waals surface area contributed by atoms with E-state index in [0.29, 0.717) is 0 Å². The normalized spacial score (nSPS) is 12.3. The van der Waals surface area contributed by atoms with Gasteiger partial charge in [-0.3, -0.25) is 9.59 Å². The van der Waals surface area contributed by atoms with E-state index in [1.165, 1.54) is 30.3 Å². The lowest BCUT2D eigenvalue weighted by molar-refractivity contribution is -0.348. The molecule has 0 heterocycles. The number of amides is 1. The van der Waals surface area contributed by atoms with E-state index in [2.05, 4.69) is 10.1 Å². The van der Waals surface area contributed by atoms with E-state index < -0.39 is 64.6 Å². The Kier molecular flexibility index (Phi) is 9.40. The molecule has 5 nitrogen and oxygen atoms in total. The number of hydrogen-bond acceptors (Lipinski definition) is 4. The molecule has 0 aliphatic carbocycles. The maximum atomic E-state index is 14.6. The predicted octanol–water partition coefficient (Wildman–Crippen LogP) is 8.23. The molecule has 42 heavy (non-hydrogen) atoms. The highest BCUT2D eigenvalue weighted by atomic mass is 35.5. The van der Waals surface area contributed by atoms with Crippen molar-refractivity contribution in [3.63, 3.8) is 0 Å². The van der Waals surface area contributed by atoms with Crippen LogP contribution in [0.4, 0.5) is 45.2 Å². The minimum Gasteiger partial charge on any atom is -0.494 e. The van der Waals surface area contributed by atoms with Crippen LogP contribution in [-0.4, -0.2) is 37.8 Å². The molecule has 3 aromatic rings. The first kappa shape index (κ1) is 32.6. The fourth-order valence-corrected chi connectivity index (χ4v) is 4.18. The number of ketones is 1. The number of ether oxygens (including phenoxy) is 2. The molecule has 3 aromatic carbocycles. The van der Waals surface area contributed by atoms with Crippen LogP contribution >= 0.6 is 11.6 Å². The molecule has 1 amide bonds. The molecular weight excluding hydrogens is 609 g/mol. The van der Waals surface area contributed by atoms with Crippen LogP contribution in [0.1, 0.15) is 37.4 Å². The molecule has 0 radical (unpaired) electrons. The van der Waals surface area contributed by atoms with Crippen LogP contribution in [0.15, 0.2) is 54.6 Å². The molecule has 0 saturated heterocycles. The SMILES string of the molecule is COc1c(NC(=O)c2ccc(C)cc2)cccc1C(=O)Cc1c(Cl)cc(C(F)(C(F)(F)F)C(F)(F)F)cc1OC(F)F. The number of carbonyl (C=O) groups is 2. The van der Waals surface area contributed by atoms with Gasteiger partial charge in [-0.2, -0.15) is 35.1 Å². The lowest BCUT2D eigenvalue weighted by Crippen LogP contribution is -2.50. The molecule has 0 atom stereocenters. The first-order chi connectivity index (χ1) is 19.4. The Bertz CT molecular complexity index is 1460. The van der Waals surface area contributed by atoms with Crippen LogP contribution in [0.25, 0.3) is 0 Å². The predicted molar refractivity (Wildman–Crippen MR) is 133 cm³/mol. The van der Waals surface area contributed by atoms with E-state index in [-0.39, 0.29) is 34.7 Å².